The molecule has 0 aromatic heterocycles. The molecule has 0 bridgehead atoms. The molecule has 1 aliphatic rings. The number of hydrazine groups is 1. The number of ether oxygens (including phenoxy) is 2. The lowest BCUT2D eigenvalue weighted by atomic mass is 10.2. The summed E-state index contributed by atoms with van der Waals surface area (Å²) in [4.78, 5) is 24.6. The first-order valence-corrected chi connectivity index (χ1v) is 8.37. The second-order valence-corrected chi connectivity index (χ2v) is 6.01. The summed E-state index contributed by atoms with van der Waals surface area (Å²) in [6, 6.07) is 14.2. The summed E-state index contributed by atoms with van der Waals surface area (Å²) in [7, 11) is 0. The maximum absolute atomic E-state index is 11.8. The van der Waals surface area contributed by atoms with Crippen LogP contribution >= 0.6 is 11.8 Å². The first-order chi connectivity index (χ1) is 11.7. The van der Waals surface area contributed by atoms with Crippen molar-refractivity contribution in [2.45, 2.75) is 4.90 Å². The molecule has 0 atom stereocenters. The third-order valence-electron chi connectivity index (χ3n) is 3.23. The van der Waals surface area contributed by atoms with Gasteiger partial charge in [0.15, 0.2) is 11.5 Å². The first kappa shape index (κ1) is 16.2. The SMILES string of the molecule is O=C(CSc1ccc2c(c1)OCCO2)NNC(=O)c1ccccc1. The van der Waals surface area contributed by atoms with E-state index in [-0.39, 0.29) is 17.6 Å². The third-order valence-corrected chi connectivity index (χ3v) is 4.23. The Balaban J connectivity index is 1.46. The van der Waals surface area contributed by atoms with E-state index in [0.717, 1.165) is 4.90 Å². The van der Waals surface area contributed by atoms with E-state index in [2.05, 4.69) is 10.9 Å². The summed E-state index contributed by atoms with van der Waals surface area (Å²) >= 11 is 1.35. The van der Waals surface area contributed by atoms with Gasteiger partial charge in [-0.25, -0.2) is 0 Å². The number of carbonyl (C=O) groups excluding carboxylic acids is 2. The third kappa shape index (κ3) is 4.20. The minimum atomic E-state index is -0.353. The van der Waals surface area contributed by atoms with Crippen LogP contribution in [0.3, 0.4) is 0 Å². The Morgan fingerprint density at radius 2 is 1.71 bits per heavy atom. The Hall–Kier alpha value is -2.67. The molecule has 3 rings (SSSR count). The number of hydrogen-bond donors (Lipinski definition) is 2. The van der Waals surface area contributed by atoms with E-state index in [9.17, 15) is 9.59 Å². The van der Waals surface area contributed by atoms with Crippen LogP contribution < -0.4 is 20.3 Å². The van der Waals surface area contributed by atoms with Gasteiger partial charge in [0, 0.05) is 10.5 Å². The molecular formula is C17H16N2O4S. The molecule has 0 aliphatic carbocycles. The molecule has 2 amide bonds. The monoisotopic (exact) mass is 344 g/mol. The van der Waals surface area contributed by atoms with Crippen LogP contribution in [-0.2, 0) is 4.79 Å². The molecule has 0 radical (unpaired) electrons. The van der Waals surface area contributed by atoms with Crippen LogP contribution in [0.15, 0.2) is 53.4 Å². The minimum Gasteiger partial charge on any atom is -0.486 e. The van der Waals surface area contributed by atoms with Crippen molar-refractivity contribution in [3.63, 3.8) is 0 Å². The molecule has 2 aromatic carbocycles. The average Bonchev–Trinajstić information content (AvgIpc) is 2.65. The average molecular weight is 344 g/mol. The first-order valence-electron chi connectivity index (χ1n) is 7.39. The molecule has 6 nitrogen and oxygen atoms in total. The van der Waals surface area contributed by atoms with Crippen LogP contribution in [0.2, 0.25) is 0 Å². The highest BCUT2D eigenvalue weighted by atomic mass is 32.2. The fraction of sp³-hybridized carbons (Fsp3) is 0.176. The number of carbonyl (C=O) groups is 2. The molecule has 1 aliphatic heterocycles. The highest BCUT2D eigenvalue weighted by Crippen LogP contribution is 2.33. The fourth-order valence-electron chi connectivity index (χ4n) is 2.09. The molecular weight excluding hydrogens is 328 g/mol. The Labute approximate surface area is 143 Å². The van der Waals surface area contributed by atoms with Crippen molar-refractivity contribution in [1.82, 2.24) is 10.9 Å². The van der Waals surface area contributed by atoms with Crippen molar-refractivity contribution in [1.29, 1.82) is 0 Å². The Morgan fingerprint density at radius 3 is 2.50 bits per heavy atom. The second-order valence-electron chi connectivity index (χ2n) is 4.96. The van der Waals surface area contributed by atoms with Crippen LogP contribution in [0.5, 0.6) is 11.5 Å². The van der Waals surface area contributed by atoms with E-state index in [4.69, 9.17) is 9.47 Å². The van der Waals surface area contributed by atoms with Crippen molar-refractivity contribution < 1.29 is 19.1 Å². The van der Waals surface area contributed by atoms with Crippen LogP contribution in [0.25, 0.3) is 0 Å². The summed E-state index contributed by atoms with van der Waals surface area (Å²) in [6.45, 7) is 1.07. The molecule has 0 fully saturated rings. The molecule has 2 N–H and O–H groups in total. The van der Waals surface area contributed by atoms with Crippen LogP contribution in [0.1, 0.15) is 10.4 Å². The summed E-state index contributed by atoms with van der Waals surface area (Å²) in [5, 5.41) is 0. The molecule has 2 aromatic rings. The quantitative estimate of drug-likeness (QED) is 0.655. The summed E-state index contributed by atoms with van der Waals surface area (Å²) in [5.74, 6) is 0.927. The molecule has 124 valence electrons. The lowest BCUT2D eigenvalue weighted by Crippen LogP contribution is -2.42. The Morgan fingerprint density at radius 1 is 0.958 bits per heavy atom. The number of hydrogen-bond acceptors (Lipinski definition) is 5. The second kappa shape index (κ2) is 7.74. The smallest absolute Gasteiger partial charge is 0.269 e. The van der Waals surface area contributed by atoms with E-state index in [1.165, 1.54) is 11.8 Å². The highest BCUT2D eigenvalue weighted by Gasteiger charge is 2.13. The fourth-order valence-corrected chi connectivity index (χ4v) is 2.81. The molecule has 0 saturated heterocycles. The van der Waals surface area contributed by atoms with Gasteiger partial charge in [-0.3, -0.25) is 20.4 Å². The summed E-state index contributed by atoms with van der Waals surface area (Å²) < 4.78 is 11.0. The van der Waals surface area contributed by atoms with Gasteiger partial charge in [-0.1, -0.05) is 18.2 Å². The van der Waals surface area contributed by atoms with E-state index in [1.54, 1.807) is 24.3 Å². The van der Waals surface area contributed by atoms with Gasteiger partial charge in [0.05, 0.1) is 5.75 Å². The lowest BCUT2D eigenvalue weighted by molar-refractivity contribution is -0.119. The van der Waals surface area contributed by atoms with Gasteiger partial charge in [0.2, 0.25) is 5.91 Å². The maximum atomic E-state index is 11.8. The largest absolute Gasteiger partial charge is 0.486 e. The standard InChI is InChI=1S/C17H16N2O4S/c20-16(18-19-17(21)12-4-2-1-3-5-12)11-24-13-6-7-14-15(10-13)23-9-8-22-14/h1-7,10H,8-9,11H2,(H,18,20)(H,19,21). The van der Waals surface area contributed by atoms with Gasteiger partial charge in [0.1, 0.15) is 13.2 Å². The predicted molar refractivity (Wildman–Crippen MR) is 90.2 cm³/mol. The zero-order chi connectivity index (χ0) is 16.8. The summed E-state index contributed by atoms with van der Waals surface area (Å²) in [6.07, 6.45) is 0. The zero-order valence-corrected chi connectivity index (χ0v) is 13.6. The topological polar surface area (TPSA) is 76.7 Å². The van der Waals surface area contributed by atoms with Crippen LogP contribution in [0, 0.1) is 0 Å². The van der Waals surface area contributed by atoms with Crippen molar-refractivity contribution in [3.05, 3.63) is 54.1 Å². The number of benzene rings is 2. The van der Waals surface area contributed by atoms with Gasteiger partial charge >= 0.3 is 0 Å². The van der Waals surface area contributed by atoms with Crippen molar-refractivity contribution in [2.24, 2.45) is 0 Å². The minimum absolute atomic E-state index is 0.175. The number of thioether (sulfide) groups is 1. The lowest BCUT2D eigenvalue weighted by Gasteiger charge is -2.18. The number of nitrogens with one attached hydrogen (secondary N) is 2. The molecule has 7 heteroatoms. The highest BCUT2D eigenvalue weighted by molar-refractivity contribution is 8.00. The van der Waals surface area contributed by atoms with Crippen LogP contribution in [0.4, 0.5) is 0 Å². The van der Waals surface area contributed by atoms with Crippen molar-refractivity contribution >= 4 is 23.6 Å². The van der Waals surface area contributed by atoms with E-state index >= 15 is 0 Å². The van der Waals surface area contributed by atoms with E-state index in [1.807, 2.05) is 24.3 Å². The molecule has 0 saturated carbocycles. The van der Waals surface area contributed by atoms with Crippen LogP contribution in [-0.4, -0.2) is 30.8 Å². The number of fused-ring (bicyclic) bond motifs is 1. The Kier molecular flexibility index (Phi) is 5.22. The van der Waals surface area contributed by atoms with Crippen molar-refractivity contribution in [3.8, 4) is 11.5 Å². The molecule has 0 unspecified atom stereocenters. The van der Waals surface area contributed by atoms with Gasteiger partial charge in [-0.2, -0.15) is 0 Å². The molecule has 24 heavy (non-hydrogen) atoms. The number of amides is 2. The summed E-state index contributed by atoms with van der Waals surface area (Å²) in [5.41, 5.74) is 5.27. The van der Waals surface area contributed by atoms with Gasteiger partial charge < -0.3 is 9.47 Å². The normalized spacial score (nSPS) is 12.3. The van der Waals surface area contributed by atoms with E-state index in [0.29, 0.717) is 30.3 Å². The number of rotatable bonds is 4. The van der Waals surface area contributed by atoms with Crippen molar-refractivity contribution in [2.75, 3.05) is 19.0 Å². The Bertz CT molecular complexity index is 737. The predicted octanol–water partition coefficient (Wildman–Crippen LogP) is 2.01. The van der Waals surface area contributed by atoms with Gasteiger partial charge in [-0.15, -0.1) is 11.8 Å². The molecule has 0 spiro atoms. The maximum Gasteiger partial charge on any atom is 0.269 e. The van der Waals surface area contributed by atoms with Gasteiger partial charge in [0.25, 0.3) is 5.91 Å². The van der Waals surface area contributed by atoms with E-state index < -0.39 is 0 Å². The van der Waals surface area contributed by atoms with Gasteiger partial charge in [-0.05, 0) is 30.3 Å². The zero-order valence-electron chi connectivity index (χ0n) is 12.8. The molecule has 1 heterocycles.